The van der Waals surface area contributed by atoms with E-state index in [2.05, 4.69) is 24.5 Å². The van der Waals surface area contributed by atoms with Gasteiger partial charge in [-0.3, -0.25) is 9.59 Å². The van der Waals surface area contributed by atoms with Crippen molar-refractivity contribution in [2.24, 2.45) is 5.92 Å². The number of nitrogens with zero attached hydrogens (tertiary/aromatic N) is 2. The Bertz CT molecular complexity index is 1020. The van der Waals surface area contributed by atoms with Crippen LogP contribution in [0.1, 0.15) is 77.2 Å². The summed E-state index contributed by atoms with van der Waals surface area (Å²) < 4.78 is 16.6. The van der Waals surface area contributed by atoms with E-state index in [1.807, 2.05) is 12.1 Å². The second kappa shape index (κ2) is 14.8. The summed E-state index contributed by atoms with van der Waals surface area (Å²) in [6, 6.07) is 4.31. The van der Waals surface area contributed by atoms with Gasteiger partial charge in [-0.2, -0.15) is 0 Å². The number of amides is 4. The summed E-state index contributed by atoms with van der Waals surface area (Å²) in [5, 5.41) is 6.23. The molecule has 10 heteroatoms. The van der Waals surface area contributed by atoms with E-state index in [1.54, 1.807) is 30.1 Å². The molecule has 1 saturated carbocycles. The normalized spacial score (nSPS) is 23.5. The van der Waals surface area contributed by atoms with Crippen LogP contribution in [0, 0.1) is 5.92 Å². The lowest BCUT2D eigenvalue weighted by Gasteiger charge is -2.47. The number of carbonyl (C=O) groups is 3. The van der Waals surface area contributed by atoms with E-state index in [4.69, 9.17) is 14.2 Å². The van der Waals surface area contributed by atoms with Crippen LogP contribution in [0.2, 0.25) is 0 Å². The van der Waals surface area contributed by atoms with Crippen LogP contribution in [0.25, 0.3) is 0 Å². The summed E-state index contributed by atoms with van der Waals surface area (Å²) in [6.07, 6.45) is 7.85. The minimum Gasteiger partial charge on any atom is -0.497 e. The van der Waals surface area contributed by atoms with Crippen LogP contribution >= 0.6 is 0 Å². The molecule has 41 heavy (non-hydrogen) atoms. The van der Waals surface area contributed by atoms with Crippen molar-refractivity contribution in [3.05, 3.63) is 23.8 Å². The quantitative estimate of drug-likeness (QED) is 0.417. The highest BCUT2D eigenvalue weighted by Gasteiger charge is 2.44. The first kappa shape index (κ1) is 30.9. The van der Waals surface area contributed by atoms with Gasteiger partial charge in [-0.1, -0.05) is 33.1 Å². The number of nitrogens with one attached hydrogen (secondary N) is 2. The molecule has 3 atom stereocenters. The van der Waals surface area contributed by atoms with Gasteiger partial charge in [-0.05, 0) is 55.7 Å². The SMILES string of the molecule is COc1cc(CN2CC(CC(=O)NC[C@@H]3CCCO3)N(C(=O)NC3CCCCC3)[C@@H](CC(C)C)C2=O)cc(OC)c1. The van der Waals surface area contributed by atoms with Crippen LogP contribution in [-0.2, 0) is 20.9 Å². The molecule has 3 fully saturated rings. The Morgan fingerprint density at radius 1 is 1.02 bits per heavy atom. The Morgan fingerprint density at radius 3 is 2.34 bits per heavy atom. The molecule has 0 aromatic heterocycles. The maximum atomic E-state index is 14.0. The average Bonchev–Trinajstić information content (AvgIpc) is 3.48. The van der Waals surface area contributed by atoms with Crippen molar-refractivity contribution >= 4 is 17.8 Å². The lowest BCUT2D eigenvalue weighted by molar-refractivity contribution is -0.145. The number of rotatable bonds is 11. The zero-order valence-corrected chi connectivity index (χ0v) is 25.2. The first-order chi connectivity index (χ1) is 19.8. The van der Waals surface area contributed by atoms with E-state index in [-0.39, 0.29) is 48.9 Å². The maximum Gasteiger partial charge on any atom is 0.318 e. The molecule has 2 heterocycles. The van der Waals surface area contributed by atoms with Gasteiger partial charge in [0.25, 0.3) is 0 Å². The molecular weight excluding hydrogens is 524 g/mol. The molecule has 1 aliphatic carbocycles. The predicted octanol–water partition coefficient (Wildman–Crippen LogP) is 3.86. The Labute approximate surface area is 244 Å². The van der Waals surface area contributed by atoms with Crippen molar-refractivity contribution in [1.82, 2.24) is 20.4 Å². The fourth-order valence-electron chi connectivity index (χ4n) is 6.28. The fraction of sp³-hybridized carbons (Fsp3) is 0.710. The fourth-order valence-corrected chi connectivity index (χ4v) is 6.28. The predicted molar refractivity (Wildman–Crippen MR) is 156 cm³/mol. The molecule has 228 valence electrons. The zero-order chi connectivity index (χ0) is 29.4. The molecule has 4 rings (SSSR count). The summed E-state index contributed by atoms with van der Waals surface area (Å²) in [5.41, 5.74) is 0.861. The number of benzene rings is 1. The second-order valence-electron chi connectivity index (χ2n) is 12.1. The topological polar surface area (TPSA) is 109 Å². The van der Waals surface area contributed by atoms with Gasteiger partial charge in [-0.25, -0.2) is 4.79 Å². The number of methoxy groups -OCH3 is 2. The van der Waals surface area contributed by atoms with Crippen molar-refractivity contribution in [3.8, 4) is 11.5 Å². The Hall–Kier alpha value is -3.01. The van der Waals surface area contributed by atoms with E-state index in [1.165, 1.54) is 6.42 Å². The first-order valence-corrected chi connectivity index (χ1v) is 15.2. The van der Waals surface area contributed by atoms with Crippen LogP contribution in [0.15, 0.2) is 18.2 Å². The second-order valence-corrected chi connectivity index (χ2v) is 12.1. The van der Waals surface area contributed by atoms with Crippen molar-refractivity contribution < 1.29 is 28.6 Å². The van der Waals surface area contributed by atoms with Gasteiger partial charge in [-0.15, -0.1) is 0 Å². The Balaban J connectivity index is 1.58. The first-order valence-electron chi connectivity index (χ1n) is 15.2. The zero-order valence-electron chi connectivity index (χ0n) is 25.2. The third kappa shape index (κ3) is 8.50. The molecule has 2 saturated heterocycles. The molecule has 10 nitrogen and oxygen atoms in total. The monoisotopic (exact) mass is 572 g/mol. The number of ether oxygens (including phenoxy) is 3. The van der Waals surface area contributed by atoms with Crippen LogP contribution in [0.3, 0.4) is 0 Å². The molecule has 0 spiro atoms. The largest absolute Gasteiger partial charge is 0.497 e. The van der Waals surface area contributed by atoms with Gasteiger partial charge < -0.3 is 34.6 Å². The summed E-state index contributed by atoms with van der Waals surface area (Å²) >= 11 is 0. The highest BCUT2D eigenvalue weighted by Crippen LogP contribution is 2.29. The number of hydrogen-bond donors (Lipinski definition) is 2. The smallest absolute Gasteiger partial charge is 0.318 e. The van der Waals surface area contributed by atoms with E-state index in [0.29, 0.717) is 31.0 Å². The molecule has 2 aliphatic heterocycles. The van der Waals surface area contributed by atoms with E-state index >= 15 is 0 Å². The maximum absolute atomic E-state index is 14.0. The number of carbonyl (C=O) groups excluding carboxylic acids is 3. The lowest BCUT2D eigenvalue weighted by Crippen LogP contribution is -2.66. The van der Waals surface area contributed by atoms with Crippen molar-refractivity contribution in [1.29, 1.82) is 0 Å². The third-order valence-electron chi connectivity index (χ3n) is 8.38. The molecule has 1 aromatic carbocycles. The molecular formula is C31H48N4O6. The lowest BCUT2D eigenvalue weighted by atomic mass is 9.93. The Morgan fingerprint density at radius 2 is 1.73 bits per heavy atom. The van der Waals surface area contributed by atoms with Gasteiger partial charge in [0.15, 0.2) is 0 Å². The van der Waals surface area contributed by atoms with E-state index < -0.39 is 12.1 Å². The number of hydrogen-bond acceptors (Lipinski definition) is 6. The van der Waals surface area contributed by atoms with Gasteiger partial charge in [0, 0.05) is 44.8 Å². The number of urea groups is 1. The average molecular weight is 573 g/mol. The standard InChI is InChI=1S/C31H48N4O6/c1-21(2)13-28-30(37)34(19-22-14-26(39-3)17-27(15-22)40-4)20-24(16-29(36)32-18-25-11-8-12-41-25)35(28)31(38)33-23-9-6-5-7-10-23/h14-15,17,21,23-25,28H,5-13,16,18-20H2,1-4H3,(H,32,36)(H,33,38)/t24?,25-,28-/m0/s1. The van der Waals surface area contributed by atoms with Crippen LogP contribution in [0.4, 0.5) is 4.79 Å². The summed E-state index contributed by atoms with van der Waals surface area (Å²) in [6.45, 7) is 5.88. The summed E-state index contributed by atoms with van der Waals surface area (Å²) in [7, 11) is 3.19. The summed E-state index contributed by atoms with van der Waals surface area (Å²) in [5.74, 6) is 1.22. The minimum atomic E-state index is -0.657. The Kier molecular flexibility index (Phi) is 11.1. The van der Waals surface area contributed by atoms with Crippen LogP contribution in [-0.4, -0.2) is 85.8 Å². The molecule has 1 aromatic rings. The molecule has 0 bridgehead atoms. The number of piperazine rings is 1. The molecule has 3 aliphatic rings. The molecule has 0 radical (unpaired) electrons. The van der Waals surface area contributed by atoms with Gasteiger partial charge in [0.05, 0.1) is 26.4 Å². The van der Waals surface area contributed by atoms with E-state index in [0.717, 1.165) is 50.7 Å². The van der Waals surface area contributed by atoms with E-state index in [9.17, 15) is 14.4 Å². The van der Waals surface area contributed by atoms with Crippen LogP contribution in [0.5, 0.6) is 11.5 Å². The van der Waals surface area contributed by atoms with Crippen molar-refractivity contribution in [2.75, 3.05) is 33.9 Å². The molecule has 4 amide bonds. The van der Waals surface area contributed by atoms with Crippen LogP contribution < -0.4 is 20.1 Å². The molecule has 1 unspecified atom stereocenters. The minimum absolute atomic E-state index is 0.0332. The van der Waals surface area contributed by atoms with Gasteiger partial charge in [0.1, 0.15) is 17.5 Å². The highest BCUT2D eigenvalue weighted by molar-refractivity contribution is 5.89. The van der Waals surface area contributed by atoms with Gasteiger partial charge >= 0.3 is 6.03 Å². The molecule has 2 N–H and O–H groups in total. The van der Waals surface area contributed by atoms with Crippen molar-refractivity contribution in [3.63, 3.8) is 0 Å². The van der Waals surface area contributed by atoms with Gasteiger partial charge in [0.2, 0.25) is 11.8 Å². The third-order valence-corrected chi connectivity index (χ3v) is 8.38. The van der Waals surface area contributed by atoms with Crippen molar-refractivity contribution in [2.45, 2.75) is 102 Å². The highest BCUT2D eigenvalue weighted by atomic mass is 16.5. The summed E-state index contributed by atoms with van der Waals surface area (Å²) in [4.78, 5) is 44.6.